The highest BCUT2D eigenvalue weighted by molar-refractivity contribution is 5.32. The van der Waals surface area contributed by atoms with E-state index in [0.717, 1.165) is 12.4 Å². The lowest BCUT2D eigenvalue weighted by Gasteiger charge is -2.03. The average molecular weight is 245 g/mol. The van der Waals surface area contributed by atoms with Gasteiger partial charge < -0.3 is 9.84 Å². The molecule has 0 bridgehead atoms. The fraction of sp³-hybridized carbons (Fsp3) is 0.429. The second-order valence-electron chi connectivity index (χ2n) is 4.49. The number of rotatable bonds is 5. The molecule has 0 fully saturated rings. The summed E-state index contributed by atoms with van der Waals surface area (Å²) in [4.78, 5) is 4.37. The van der Waals surface area contributed by atoms with Crippen LogP contribution in [-0.4, -0.2) is 16.7 Å². The number of hydrogen-bond acceptors (Lipinski definition) is 4. The number of aryl methyl sites for hydroxylation is 2. The lowest BCUT2D eigenvalue weighted by molar-refractivity contribution is 0.378. The molecule has 0 amide bonds. The van der Waals surface area contributed by atoms with Crippen LogP contribution in [-0.2, 0) is 13.0 Å². The van der Waals surface area contributed by atoms with Crippen LogP contribution < -0.4 is 5.32 Å². The number of hydrogen-bond donors (Lipinski definition) is 1. The summed E-state index contributed by atoms with van der Waals surface area (Å²) in [7, 11) is 0. The normalized spacial score (nSPS) is 10.8. The summed E-state index contributed by atoms with van der Waals surface area (Å²) >= 11 is 0. The van der Waals surface area contributed by atoms with E-state index in [0.29, 0.717) is 18.9 Å². The molecule has 1 N–H and O–H groups in total. The average Bonchev–Trinajstić information content (AvgIpc) is 2.79. The molecular weight excluding hydrogens is 226 g/mol. The van der Waals surface area contributed by atoms with Crippen molar-refractivity contribution in [2.24, 2.45) is 0 Å². The molecule has 0 radical (unpaired) electrons. The van der Waals surface area contributed by atoms with Crippen LogP contribution in [0.2, 0.25) is 0 Å². The largest absolute Gasteiger partial charge is 0.339 e. The Bertz CT molecular complexity index is 520. The summed E-state index contributed by atoms with van der Waals surface area (Å²) in [6.07, 6.45) is 0.701. The Hall–Kier alpha value is -1.68. The van der Waals surface area contributed by atoms with E-state index < -0.39 is 0 Å². The van der Waals surface area contributed by atoms with Crippen molar-refractivity contribution in [3.8, 4) is 0 Å². The standard InChI is InChI=1S/C14H19N3O/c1-4-15-9-13-16-14(18-17-13)8-12-7-10(2)5-6-11(12)3/h5-7,15H,4,8-9H2,1-3H3. The third-order valence-corrected chi connectivity index (χ3v) is 2.89. The van der Waals surface area contributed by atoms with E-state index in [-0.39, 0.29) is 0 Å². The van der Waals surface area contributed by atoms with Gasteiger partial charge in [0.2, 0.25) is 5.89 Å². The monoisotopic (exact) mass is 245 g/mol. The van der Waals surface area contributed by atoms with Crippen LogP contribution in [0.3, 0.4) is 0 Å². The Labute approximate surface area is 107 Å². The number of nitrogens with one attached hydrogen (secondary N) is 1. The Morgan fingerprint density at radius 3 is 2.89 bits per heavy atom. The SMILES string of the molecule is CCNCc1noc(Cc2cc(C)ccc2C)n1. The van der Waals surface area contributed by atoms with Crippen molar-refractivity contribution in [2.75, 3.05) is 6.54 Å². The van der Waals surface area contributed by atoms with Gasteiger partial charge in [-0.15, -0.1) is 0 Å². The van der Waals surface area contributed by atoms with Crippen LogP contribution >= 0.6 is 0 Å². The molecule has 1 aromatic carbocycles. The van der Waals surface area contributed by atoms with Crippen LogP contribution in [0.15, 0.2) is 22.7 Å². The van der Waals surface area contributed by atoms with Crippen LogP contribution in [0, 0.1) is 13.8 Å². The molecule has 0 aliphatic heterocycles. The van der Waals surface area contributed by atoms with Crippen molar-refractivity contribution in [3.63, 3.8) is 0 Å². The lowest BCUT2D eigenvalue weighted by atomic mass is 10.0. The van der Waals surface area contributed by atoms with Crippen molar-refractivity contribution in [2.45, 2.75) is 33.7 Å². The molecule has 0 atom stereocenters. The van der Waals surface area contributed by atoms with Gasteiger partial charge in [0.25, 0.3) is 0 Å². The Kier molecular flexibility index (Phi) is 4.10. The molecule has 2 rings (SSSR count). The maximum absolute atomic E-state index is 5.26. The number of benzene rings is 1. The topological polar surface area (TPSA) is 51.0 Å². The molecule has 4 nitrogen and oxygen atoms in total. The Morgan fingerprint density at radius 2 is 2.11 bits per heavy atom. The molecule has 18 heavy (non-hydrogen) atoms. The molecule has 1 heterocycles. The van der Waals surface area contributed by atoms with Crippen LogP contribution in [0.4, 0.5) is 0 Å². The Morgan fingerprint density at radius 1 is 1.28 bits per heavy atom. The van der Waals surface area contributed by atoms with Crippen molar-refractivity contribution in [1.82, 2.24) is 15.5 Å². The molecule has 0 saturated heterocycles. The van der Waals surface area contributed by atoms with Crippen molar-refractivity contribution in [3.05, 3.63) is 46.6 Å². The molecule has 0 spiro atoms. The van der Waals surface area contributed by atoms with Crippen LogP contribution in [0.25, 0.3) is 0 Å². The van der Waals surface area contributed by atoms with Crippen molar-refractivity contribution >= 4 is 0 Å². The van der Waals surface area contributed by atoms with E-state index in [1.54, 1.807) is 0 Å². The first-order valence-corrected chi connectivity index (χ1v) is 6.27. The van der Waals surface area contributed by atoms with Crippen molar-refractivity contribution < 1.29 is 4.52 Å². The molecular formula is C14H19N3O. The summed E-state index contributed by atoms with van der Waals surface area (Å²) < 4.78 is 5.26. The highest BCUT2D eigenvalue weighted by Crippen LogP contribution is 2.14. The second-order valence-corrected chi connectivity index (χ2v) is 4.49. The van der Waals surface area contributed by atoms with E-state index in [1.807, 2.05) is 0 Å². The van der Waals surface area contributed by atoms with Crippen LogP contribution in [0.5, 0.6) is 0 Å². The maximum atomic E-state index is 5.26. The fourth-order valence-electron chi connectivity index (χ4n) is 1.82. The second kappa shape index (κ2) is 5.78. The van der Waals surface area contributed by atoms with E-state index in [2.05, 4.69) is 54.4 Å². The van der Waals surface area contributed by atoms with Crippen LogP contribution in [0.1, 0.15) is 35.3 Å². The van der Waals surface area contributed by atoms with E-state index in [4.69, 9.17) is 4.52 Å². The van der Waals surface area contributed by atoms with Gasteiger partial charge in [0.15, 0.2) is 5.82 Å². The van der Waals surface area contributed by atoms with Gasteiger partial charge in [0.1, 0.15) is 0 Å². The third-order valence-electron chi connectivity index (χ3n) is 2.89. The van der Waals surface area contributed by atoms with Gasteiger partial charge in [-0.25, -0.2) is 0 Å². The van der Waals surface area contributed by atoms with Gasteiger partial charge in [-0.05, 0) is 31.5 Å². The first-order valence-electron chi connectivity index (χ1n) is 6.27. The van der Waals surface area contributed by atoms with E-state index in [9.17, 15) is 0 Å². The Balaban J connectivity index is 2.08. The molecule has 0 saturated carbocycles. The zero-order valence-corrected chi connectivity index (χ0v) is 11.2. The molecule has 2 aromatic rings. The molecule has 4 heteroatoms. The fourth-order valence-corrected chi connectivity index (χ4v) is 1.82. The predicted octanol–water partition coefficient (Wildman–Crippen LogP) is 2.39. The van der Waals surface area contributed by atoms with E-state index >= 15 is 0 Å². The van der Waals surface area contributed by atoms with Gasteiger partial charge in [-0.1, -0.05) is 35.8 Å². The quantitative estimate of drug-likeness (QED) is 0.878. The summed E-state index contributed by atoms with van der Waals surface area (Å²) in [6.45, 7) is 7.81. The minimum atomic E-state index is 0.660. The number of aromatic nitrogens is 2. The predicted molar refractivity (Wildman–Crippen MR) is 70.4 cm³/mol. The van der Waals surface area contributed by atoms with Gasteiger partial charge in [0, 0.05) is 0 Å². The zero-order valence-electron chi connectivity index (χ0n) is 11.2. The minimum Gasteiger partial charge on any atom is -0.339 e. The summed E-state index contributed by atoms with van der Waals surface area (Å²) in [5.74, 6) is 1.40. The minimum absolute atomic E-state index is 0.660. The first kappa shape index (κ1) is 12.8. The maximum Gasteiger partial charge on any atom is 0.231 e. The highest BCUT2D eigenvalue weighted by atomic mass is 16.5. The molecule has 96 valence electrons. The van der Waals surface area contributed by atoms with E-state index in [1.165, 1.54) is 16.7 Å². The van der Waals surface area contributed by atoms with Gasteiger partial charge in [-0.3, -0.25) is 0 Å². The van der Waals surface area contributed by atoms with Gasteiger partial charge in [0.05, 0.1) is 13.0 Å². The van der Waals surface area contributed by atoms with Gasteiger partial charge >= 0.3 is 0 Å². The molecule has 0 aliphatic rings. The molecule has 1 aromatic heterocycles. The molecule has 0 unspecified atom stereocenters. The van der Waals surface area contributed by atoms with Gasteiger partial charge in [-0.2, -0.15) is 4.98 Å². The first-order chi connectivity index (χ1) is 8.69. The lowest BCUT2D eigenvalue weighted by Crippen LogP contribution is -2.12. The summed E-state index contributed by atoms with van der Waals surface area (Å²) in [5.41, 5.74) is 3.75. The smallest absolute Gasteiger partial charge is 0.231 e. The zero-order chi connectivity index (χ0) is 13.0. The summed E-state index contributed by atoms with van der Waals surface area (Å²) in [5, 5.41) is 7.13. The molecule has 0 aliphatic carbocycles. The summed E-state index contributed by atoms with van der Waals surface area (Å²) in [6, 6.07) is 6.41. The number of nitrogens with zero attached hydrogens (tertiary/aromatic N) is 2. The van der Waals surface area contributed by atoms with Crippen molar-refractivity contribution in [1.29, 1.82) is 0 Å². The highest BCUT2D eigenvalue weighted by Gasteiger charge is 2.08. The third kappa shape index (κ3) is 3.17.